The number of hydrogen-bond acceptors (Lipinski definition) is 2. The van der Waals surface area contributed by atoms with Gasteiger partial charge >= 0.3 is 0 Å². The lowest BCUT2D eigenvalue weighted by Gasteiger charge is -2.33. The van der Waals surface area contributed by atoms with Crippen LogP contribution in [0.4, 0.5) is 0 Å². The van der Waals surface area contributed by atoms with Gasteiger partial charge in [-0.3, -0.25) is 4.79 Å². The summed E-state index contributed by atoms with van der Waals surface area (Å²) in [5.74, 6) is -0.203. The van der Waals surface area contributed by atoms with Crippen molar-refractivity contribution >= 4 is 21.8 Å². The van der Waals surface area contributed by atoms with E-state index in [0.717, 1.165) is 10.9 Å². The van der Waals surface area contributed by atoms with Gasteiger partial charge in [0.05, 0.1) is 0 Å². The maximum atomic E-state index is 12.1. The molecule has 4 heteroatoms. The third kappa shape index (κ3) is 2.59. The van der Waals surface area contributed by atoms with E-state index in [1.165, 1.54) is 30.5 Å². The van der Waals surface area contributed by atoms with Crippen LogP contribution < -0.4 is 0 Å². The van der Waals surface area contributed by atoms with Crippen molar-refractivity contribution in [2.24, 2.45) is 0 Å². The van der Waals surface area contributed by atoms with E-state index in [1.54, 1.807) is 4.90 Å². The van der Waals surface area contributed by atoms with Crippen molar-refractivity contribution in [2.45, 2.75) is 39.3 Å². The Morgan fingerprint density at radius 2 is 2.11 bits per heavy atom. The number of amides is 1. The summed E-state index contributed by atoms with van der Waals surface area (Å²) in [7, 11) is 0. The van der Waals surface area contributed by atoms with Crippen LogP contribution >= 0.6 is 15.9 Å². The summed E-state index contributed by atoms with van der Waals surface area (Å²) in [5.41, 5.74) is 2.34. The van der Waals surface area contributed by atoms with E-state index in [9.17, 15) is 9.90 Å². The van der Waals surface area contributed by atoms with Crippen LogP contribution in [0.25, 0.3) is 0 Å². The van der Waals surface area contributed by atoms with Gasteiger partial charge in [-0.25, -0.2) is 0 Å². The van der Waals surface area contributed by atoms with Crippen LogP contribution in [0.1, 0.15) is 30.5 Å². The van der Waals surface area contributed by atoms with E-state index in [1.807, 2.05) is 6.92 Å². The van der Waals surface area contributed by atoms with Crippen molar-refractivity contribution in [3.8, 4) is 0 Å². The van der Waals surface area contributed by atoms with Crippen molar-refractivity contribution in [3.63, 3.8) is 0 Å². The summed E-state index contributed by atoms with van der Waals surface area (Å²) < 4.78 is 1.12. The number of benzene rings is 1. The van der Waals surface area contributed by atoms with Crippen molar-refractivity contribution in [1.82, 2.24) is 4.90 Å². The Kier molecular flexibility index (Phi) is 3.52. The fourth-order valence-electron chi connectivity index (χ4n) is 2.36. The lowest BCUT2D eigenvalue weighted by atomic mass is 9.96. The predicted octanol–water partition coefficient (Wildman–Crippen LogP) is 2.41. The summed E-state index contributed by atoms with van der Waals surface area (Å²) in [5, 5.41) is 9.80. The maximum absolute atomic E-state index is 12.1. The van der Waals surface area contributed by atoms with Crippen LogP contribution in [-0.2, 0) is 17.8 Å². The molecule has 0 unspecified atom stereocenters. The molecule has 3 nitrogen and oxygen atoms in total. The Balaban J connectivity index is 2.28. The van der Waals surface area contributed by atoms with Crippen LogP contribution in [0, 0.1) is 6.92 Å². The zero-order valence-electron chi connectivity index (χ0n) is 11.0. The van der Waals surface area contributed by atoms with Gasteiger partial charge in [-0.15, -0.1) is 0 Å². The van der Waals surface area contributed by atoms with E-state index in [2.05, 4.69) is 28.1 Å². The van der Waals surface area contributed by atoms with Gasteiger partial charge in [0, 0.05) is 17.6 Å². The number of nitrogens with zero attached hydrogens (tertiary/aromatic N) is 1. The first kappa shape index (κ1) is 13.6. The van der Waals surface area contributed by atoms with Gasteiger partial charge in [0.1, 0.15) is 5.60 Å². The van der Waals surface area contributed by atoms with Crippen molar-refractivity contribution < 1.29 is 9.90 Å². The van der Waals surface area contributed by atoms with E-state index >= 15 is 0 Å². The van der Waals surface area contributed by atoms with Crippen molar-refractivity contribution in [3.05, 3.63) is 33.3 Å². The maximum Gasteiger partial charge on any atom is 0.254 e. The molecule has 0 aromatic heterocycles. The van der Waals surface area contributed by atoms with Crippen LogP contribution in [-0.4, -0.2) is 28.1 Å². The molecule has 1 amide bonds. The number of carbonyl (C=O) groups excluding carboxylic acids is 1. The lowest BCUT2D eigenvalue weighted by Crippen LogP contribution is -2.47. The molecule has 1 aromatic rings. The third-order valence-electron chi connectivity index (χ3n) is 3.24. The second kappa shape index (κ2) is 4.67. The number of aliphatic hydroxyl groups is 1. The summed E-state index contributed by atoms with van der Waals surface area (Å²) in [6, 6.07) is 4.22. The molecular formula is C14H18BrNO2. The average Bonchev–Trinajstić information content (AvgIpc) is 2.25. The smallest absolute Gasteiger partial charge is 0.254 e. The molecule has 2 rings (SSSR count). The minimum atomic E-state index is -1.29. The van der Waals surface area contributed by atoms with Gasteiger partial charge in [0.25, 0.3) is 5.91 Å². The summed E-state index contributed by atoms with van der Waals surface area (Å²) in [6.07, 6.45) is 0.831. The average molecular weight is 312 g/mol. The second-order valence-electron chi connectivity index (χ2n) is 5.42. The molecule has 0 radical (unpaired) electrons. The van der Waals surface area contributed by atoms with Gasteiger partial charge in [0.15, 0.2) is 0 Å². The highest BCUT2D eigenvalue weighted by atomic mass is 79.9. The predicted molar refractivity (Wildman–Crippen MR) is 74.3 cm³/mol. The molecule has 0 bridgehead atoms. The number of rotatable bonds is 1. The van der Waals surface area contributed by atoms with E-state index in [0.29, 0.717) is 13.1 Å². The van der Waals surface area contributed by atoms with Gasteiger partial charge in [0.2, 0.25) is 0 Å². The summed E-state index contributed by atoms with van der Waals surface area (Å²) in [6.45, 7) is 6.37. The SMILES string of the molecule is Cc1cc(Br)c2c(c1)CN(C(=O)C(C)(C)O)CC2. The number of carbonyl (C=O) groups is 1. The fraction of sp³-hybridized carbons (Fsp3) is 0.500. The molecule has 1 aromatic carbocycles. The molecule has 0 saturated carbocycles. The zero-order valence-corrected chi connectivity index (χ0v) is 12.5. The number of aryl methyl sites for hydroxylation is 1. The lowest BCUT2D eigenvalue weighted by molar-refractivity contribution is -0.148. The molecule has 1 aliphatic rings. The molecule has 1 N–H and O–H groups in total. The summed E-state index contributed by atoms with van der Waals surface area (Å²) >= 11 is 3.58. The standard InChI is InChI=1S/C14H18BrNO2/c1-9-6-10-8-16(13(17)14(2,3)18)5-4-11(10)12(15)7-9/h6-7,18H,4-5,8H2,1-3H3. The summed E-state index contributed by atoms with van der Waals surface area (Å²) in [4.78, 5) is 13.8. The monoisotopic (exact) mass is 311 g/mol. The molecular weight excluding hydrogens is 294 g/mol. The van der Waals surface area contributed by atoms with Gasteiger partial charge < -0.3 is 10.0 Å². The Labute approximate surface area is 116 Å². The number of fused-ring (bicyclic) bond motifs is 1. The first-order valence-electron chi connectivity index (χ1n) is 6.08. The molecule has 0 fully saturated rings. The molecule has 98 valence electrons. The van der Waals surface area contributed by atoms with Crippen LogP contribution in [0.5, 0.6) is 0 Å². The van der Waals surface area contributed by atoms with Gasteiger partial charge in [-0.05, 0) is 49.9 Å². The Hall–Kier alpha value is -0.870. The topological polar surface area (TPSA) is 40.5 Å². The number of halogens is 1. The van der Waals surface area contributed by atoms with Crippen molar-refractivity contribution in [1.29, 1.82) is 0 Å². The molecule has 0 saturated heterocycles. The second-order valence-corrected chi connectivity index (χ2v) is 6.27. The normalized spacial score (nSPS) is 15.5. The Bertz CT molecular complexity index is 491. The fourth-order valence-corrected chi connectivity index (χ4v) is 3.17. The first-order chi connectivity index (χ1) is 8.29. The molecule has 1 aliphatic heterocycles. The highest BCUT2D eigenvalue weighted by Crippen LogP contribution is 2.28. The highest BCUT2D eigenvalue weighted by Gasteiger charge is 2.31. The first-order valence-corrected chi connectivity index (χ1v) is 6.88. The minimum absolute atomic E-state index is 0.203. The van der Waals surface area contributed by atoms with E-state index in [-0.39, 0.29) is 5.91 Å². The molecule has 1 heterocycles. The van der Waals surface area contributed by atoms with Crippen molar-refractivity contribution in [2.75, 3.05) is 6.54 Å². The van der Waals surface area contributed by atoms with E-state index in [4.69, 9.17) is 0 Å². The third-order valence-corrected chi connectivity index (χ3v) is 3.94. The molecule has 18 heavy (non-hydrogen) atoms. The molecule has 0 atom stereocenters. The largest absolute Gasteiger partial charge is 0.381 e. The van der Waals surface area contributed by atoms with Crippen LogP contribution in [0.2, 0.25) is 0 Å². The van der Waals surface area contributed by atoms with Crippen LogP contribution in [0.15, 0.2) is 16.6 Å². The molecule has 0 spiro atoms. The van der Waals surface area contributed by atoms with Gasteiger partial charge in [-0.1, -0.05) is 22.0 Å². The Morgan fingerprint density at radius 1 is 1.44 bits per heavy atom. The Morgan fingerprint density at radius 3 is 2.72 bits per heavy atom. The highest BCUT2D eigenvalue weighted by molar-refractivity contribution is 9.10. The minimum Gasteiger partial charge on any atom is -0.381 e. The zero-order chi connectivity index (χ0) is 13.5. The molecule has 0 aliphatic carbocycles. The number of hydrogen-bond donors (Lipinski definition) is 1. The van der Waals surface area contributed by atoms with Gasteiger partial charge in [-0.2, -0.15) is 0 Å². The van der Waals surface area contributed by atoms with Crippen LogP contribution in [0.3, 0.4) is 0 Å². The van der Waals surface area contributed by atoms with E-state index < -0.39 is 5.60 Å². The quantitative estimate of drug-likeness (QED) is 0.865.